The number of aliphatic hydroxyl groups is 1. The summed E-state index contributed by atoms with van der Waals surface area (Å²) in [6.45, 7) is 4.67. The van der Waals surface area contributed by atoms with Crippen LogP contribution in [0.3, 0.4) is 0 Å². The minimum Gasteiger partial charge on any atom is -0.395 e. The van der Waals surface area contributed by atoms with E-state index in [9.17, 15) is 0 Å². The molecule has 1 aromatic rings. The van der Waals surface area contributed by atoms with Gasteiger partial charge in [-0.1, -0.05) is 0 Å². The monoisotopic (exact) mass is 198 g/mol. The molecule has 1 heterocycles. The van der Waals surface area contributed by atoms with Crippen molar-refractivity contribution in [1.82, 2.24) is 15.1 Å². The predicted molar refractivity (Wildman–Crippen MR) is 56.4 cm³/mol. The highest BCUT2D eigenvalue weighted by molar-refractivity contribution is 5.44. The van der Waals surface area contributed by atoms with Crippen LogP contribution in [0.4, 0.5) is 5.69 Å². The summed E-state index contributed by atoms with van der Waals surface area (Å²) >= 11 is 0. The number of nitrogens with zero attached hydrogens (tertiary/aromatic N) is 2. The van der Waals surface area contributed by atoms with Gasteiger partial charge in [0.05, 0.1) is 24.2 Å². The van der Waals surface area contributed by atoms with Gasteiger partial charge < -0.3 is 15.3 Å². The molecule has 14 heavy (non-hydrogen) atoms. The molecule has 0 aromatic carbocycles. The molecule has 0 spiro atoms. The first-order valence-electron chi connectivity index (χ1n) is 4.77. The van der Waals surface area contributed by atoms with E-state index in [0.29, 0.717) is 6.54 Å². The van der Waals surface area contributed by atoms with Crippen LogP contribution in [0.25, 0.3) is 0 Å². The maximum absolute atomic E-state index is 8.69. The Balaban J connectivity index is 2.19. The minimum atomic E-state index is 0.210. The van der Waals surface area contributed by atoms with Gasteiger partial charge in [0.25, 0.3) is 0 Å². The maximum Gasteiger partial charge on any atom is 0.0753 e. The number of hydrogen-bond donors (Lipinski definition) is 3. The summed E-state index contributed by atoms with van der Waals surface area (Å²) in [4.78, 5) is 2.07. The molecule has 0 atom stereocenters. The zero-order chi connectivity index (χ0) is 10.4. The summed E-state index contributed by atoms with van der Waals surface area (Å²) in [5.74, 6) is 0. The van der Waals surface area contributed by atoms with E-state index in [4.69, 9.17) is 5.11 Å². The van der Waals surface area contributed by atoms with Crippen LogP contribution in [0.2, 0.25) is 0 Å². The average Bonchev–Trinajstić information content (AvgIpc) is 2.52. The molecule has 0 fully saturated rings. The Labute approximate surface area is 84.1 Å². The first kappa shape index (κ1) is 11.0. The Morgan fingerprint density at radius 2 is 2.36 bits per heavy atom. The molecule has 0 aliphatic carbocycles. The second-order valence-electron chi connectivity index (χ2n) is 3.36. The lowest BCUT2D eigenvalue weighted by molar-refractivity contribution is 0.225. The number of aryl methyl sites for hydroxylation is 1. The van der Waals surface area contributed by atoms with E-state index < -0.39 is 0 Å². The van der Waals surface area contributed by atoms with Crippen molar-refractivity contribution in [2.24, 2.45) is 0 Å². The molecule has 0 aliphatic heterocycles. The van der Waals surface area contributed by atoms with Crippen molar-refractivity contribution in [3.05, 3.63) is 11.9 Å². The van der Waals surface area contributed by atoms with Crippen molar-refractivity contribution in [3.63, 3.8) is 0 Å². The van der Waals surface area contributed by atoms with E-state index in [1.807, 2.05) is 14.0 Å². The number of aromatic nitrogens is 2. The Hall–Kier alpha value is -1.07. The van der Waals surface area contributed by atoms with Crippen LogP contribution >= 0.6 is 0 Å². The topological polar surface area (TPSA) is 64.2 Å². The molecule has 0 unspecified atom stereocenters. The van der Waals surface area contributed by atoms with Gasteiger partial charge in [0, 0.05) is 19.6 Å². The van der Waals surface area contributed by atoms with E-state index in [1.54, 1.807) is 6.20 Å². The lowest BCUT2D eigenvalue weighted by Gasteiger charge is -2.15. The van der Waals surface area contributed by atoms with Crippen LogP contribution in [0.1, 0.15) is 5.69 Å². The molecule has 80 valence electrons. The highest BCUT2D eigenvalue weighted by atomic mass is 16.3. The molecule has 0 bridgehead atoms. The van der Waals surface area contributed by atoms with Gasteiger partial charge in [-0.25, -0.2) is 0 Å². The molecule has 0 aliphatic rings. The third kappa shape index (κ3) is 3.35. The van der Waals surface area contributed by atoms with Crippen LogP contribution in [-0.2, 0) is 0 Å². The second-order valence-corrected chi connectivity index (χ2v) is 3.36. The van der Waals surface area contributed by atoms with Crippen molar-refractivity contribution in [2.75, 3.05) is 38.6 Å². The van der Waals surface area contributed by atoms with Crippen LogP contribution in [0.5, 0.6) is 0 Å². The fraction of sp³-hybridized carbons (Fsp3) is 0.667. The summed E-state index contributed by atoms with van der Waals surface area (Å²) in [5, 5.41) is 18.7. The Morgan fingerprint density at radius 1 is 1.57 bits per heavy atom. The molecule has 3 N–H and O–H groups in total. The number of rotatable bonds is 6. The average molecular weight is 198 g/mol. The van der Waals surface area contributed by atoms with Crippen molar-refractivity contribution < 1.29 is 5.11 Å². The van der Waals surface area contributed by atoms with Crippen molar-refractivity contribution >= 4 is 5.69 Å². The number of anilines is 1. The third-order valence-electron chi connectivity index (χ3n) is 2.12. The maximum atomic E-state index is 8.69. The lowest BCUT2D eigenvalue weighted by atomic mass is 10.4. The van der Waals surface area contributed by atoms with Gasteiger partial charge in [0.1, 0.15) is 0 Å². The standard InChI is InChI=1S/C9H18N4O/c1-8-9(7-11-12-8)10-3-4-13(2)5-6-14/h7,10,14H,3-6H2,1-2H3,(H,11,12). The van der Waals surface area contributed by atoms with Crippen LogP contribution < -0.4 is 5.32 Å². The van der Waals surface area contributed by atoms with E-state index in [1.165, 1.54) is 0 Å². The number of likely N-dealkylation sites (N-methyl/N-ethyl adjacent to an activating group) is 1. The quantitative estimate of drug-likeness (QED) is 0.604. The summed E-state index contributed by atoms with van der Waals surface area (Å²) in [5.41, 5.74) is 2.09. The van der Waals surface area contributed by atoms with Gasteiger partial charge in [-0.3, -0.25) is 5.10 Å². The summed E-state index contributed by atoms with van der Waals surface area (Å²) in [6, 6.07) is 0. The normalized spacial score (nSPS) is 10.9. The van der Waals surface area contributed by atoms with Crippen LogP contribution in [-0.4, -0.2) is 53.5 Å². The molecular formula is C9H18N4O. The molecule has 0 saturated heterocycles. The summed E-state index contributed by atoms with van der Waals surface area (Å²) < 4.78 is 0. The summed E-state index contributed by atoms with van der Waals surface area (Å²) in [7, 11) is 1.99. The van der Waals surface area contributed by atoms with Crippen molar-refractivity contribution in [3.8, 4) is 0 Å². The molecule has 5 nitrogen and oxygen atoms in total. The lowest BCUT2D eigenvalue weighted by Crippen LogP contribution is -2.27. The molecular weight excluding hydrogens is 180 g/mol. The highest BCUT2D eigenvalue weighted by Gasteiger charge is 2.00. The Kier molecular flexibility index (Phi) is 4.42. The first-order chi connectivity index (χ1) is 6.74. The Morgan fingerprint density at radius 3 is 2.93 bits per heavy atom. The third-order valence-corrected chi connectivity index (χ3v) is 2.12. The van der Waals surface area contributed by atoms with Crippen molar-refractivity contribution in [1.29, 1.82) is 0 Å². The van der Waals surface area contributed by atoms with Crippen LogP contribution in [0, 0.1) is 6.92 Å². The van der Waals surface area contributed by atoms with Gasteiger partial charge in [-0.15, -0.1) is 0 Å². The van der Waals surface area contributed by atoms with Crippen molar-refractivity contribution in [2.45, 2.75) is 6.92 Å². The van der Waals surface area contributed by atoms with Gasteiger partial charge in [-0.2, -0.15) is 5.10 Å². The molecule has 0 radical (unpaired) electrons. The van der Waals surface area contributed by atoms with Crippen LogP contribution in [0.15, 0.2) is 6.20 Å². The van der Waals surface area contributed by atoms with Gasteiger partial charge in [-0.05, 0) is 14.0 Å². The fourth-order valence-electron chi connectivity index (χ4n) is 1.19. The van der Waals surface area contributed by atoms with Gasteiger partial charge in [0.2, 0.25) is 0 Å². The zero-order valence-corrected chi connectivity index (χ0v) is 8.75. The first-order valence-corrected chi connectivity index (χ1v) is 4.77. The van der Waals surface area contributed by atoms with E-state index in [0.717, 1.165) is 24.5 Å². The van der Waals surface area contributed by atoms with E-state index in [2.05, 4.69) is 20.4 Å². The fourth-order valence-corrected chi connectivity index (χ4v) is 1.19. The molecule has 5 heteroatoms. The molecule has 1 aromatic heterocycles. The highest BCUT2D eigenvalue weighted by Crippen LogP contribution is 2.08. The largest absolute Gasteiger partial charge is 0.395 e. The summed E-state index contributed by atoms with van der Waals surface area (Å²) in [6.07, 6.45) is 1.78. The molecule has 0 amide bonds. The number of hydrogen-bond acceptors (Lipinski definition) is 4. The Bertz CT molecular complexity index is 261. The molecule has 1 rings (SSSR count). The number of nitrogens with one attached hydrogen (secondary N) is 2. The second kappa shape index (κ2) is 5.62. The van der Waals surface area contributed by atoms with E-state index in [-0.39, 0.29) is 6.61 Å². The van der Waals surface area contributed by atoms with Gasteiger partial charge >= 0.3 is 0 Å². The van der Waals surface area contributed by atoms with E-state index >= 15 is 0 Å². The number of H-pyrrole nitrogens is 1. The smallest absolute Gasteiger partial charge is 0.0753 e. The van der Waals surface area contributed by atoms with Gasteiger partial charge in [0.15, 0.2) is 0 Å². The zero-order valence-electron chi connectivity index (χ0n) is 8.75. The predicted octanol–water partition coefficient (Wildman–Crippen LogP) is 0.0541. The minimum absolute atomic E-state index is 0.210. The SMILES string of the molecule is Cc1[nH]ncc1NCCN(C)CCO. The molecule has 0 saturated carbocycles. The number of aliphatic hydroxyl groups excluding tert-OH is 1. The number of aromatic amines is 1.